The smallest absolute Gasteiger partial charge is 0.315 e. The van der Waals surface area contributed by atoms with Crippen molar-refractivity contribution in [1.82, 2.24) is 16.0 Å². The van der Waals surface area contributed by atoms with Crippen molar-refractivity contribution in [2.24, 2.45) is 0 Å². The summed E-state index contributed by atoms with van der Waals surface area (Å²) in [6, 6.07) is 9.08. The summed E-state index contributed by atoms with van der Waals surface area (Å²) in [4.78, 5) is 12.8. The van der Waals surface area contributed by atoms with Gasteiger partial charge in [0.05, 0.1) is 5.54 Å². The molecule has 1 saturated heterocycles. The van der Waals surface area contributed by atoms with Gasteiger partial charge in [-0.1, -0.05) is 79.3 Å². The van der Waals surface area contributed by atoms with E-state index in [0.29, 0.717) is 6.54 Å². The minimum absolute atomic E-state index is 0.0382. The zero-order valence-electron chi connectivity index (χ0n) is 19.7. The molecule has 3 N–H and O–H groups in total. The Morgan fingerprint density at radius 1 is 1.00 bits per heavy atom. The maximum absolute atomic E-state index is 12.8. The van der Waals surface area contributed by atoms with E-state index in [-0.39, 0.29) is 22.4 Å². The highest BCUT2D eigenvalue weighted by Crippen LogP contribution is 2.37. The Kier molecular flexibility index (Phi) is 6.43. The fourth-order valence-corrected chi connectivity index (χ4v) is 5.35. The van der Waals surface area contributed by atoms with E-state index in [4.69, 9.17) is 0 Å². The number of hydrogen-bond acceptors (Lipinski definition) is 2. The fourth-order valence-electron chi connectivity index (χ4n) is 5.35. The van der Waals surface area contributed by atoms with Crippen LogP contribution >= 0.6 is 0 Å². The quantitative estimate of drug-likeness (QED) is 0.611. The molecule has 32 heavy (non-hydrogen) atoms. The van der Waals surface area contributed by atoms with Crippen LogP contribution < -0.4 is 16.0 Å². The van der Waals surface area contributed by atoms with Gasteiger partial charge in [0.15, 0.2) is 0 Å². The Morgan fingerprint density at radius 2 is 1.72 bits per heavy atom. The molecule has 0 saturated carbocycles. The van der Waals surface area contributed by atoms with Crippen molar-refractivity contribution >= 4 is 6.03 Å². The summed E-state index contributed by atoms with van der Waals surface area (Å²) in [5.41, 5.74) is 3.69. The Labute approximate surface area is 192 Å². The van der Waals surface area contributed by atoms with Crippen LogP contribution in [-0.4, -0.2) is 31.2 Å². The van der Waals surface area contributed by atoms with E-state index in [1.807, 2.05) is 12.2 Å². The highest BCUT2D eigenvalue weighted by Gasteiger charge is 2.35. The van der Waals surface area contributed by atoms with E-state index in [9.17, 15) is 4.79 Å². The molecule has 1 aromatic rings. The average molecular weight is 432 g/mol. The van der Waals surface area contributed by atoms with Gasteiger partial charge in [-0.05, 0) is 63.7 Å². The molecule has 0 radical (unpaired) electrons. The molecular formula is C28H37N3O. The number of carbonyl (C=O) groups excluding carboxylic acids is 1. The number of hydrogen-bond donors (Lipinski definition) is 3. The molecule has 4 heteroatoms. The number of amides is 2. The molecule has 1 fully saturated rings. The molecule has 2 atom stereocenters. The van der Waals surface area contributed by atoms with Crippen LogP contribution in [0.3, 0.4) is 0 Å². The second-order valence-electron chi connectivity index (χ2n) is 10.2. The topological polar surface area (TPSA) is 53.2 Å². The van der Waals surface area contributed by atoms with E-state index in [0.717, 1.165) is 38.8 Å². The van der Waals surface area contributed by atoms with Crippen molar-refractivity contribution in [3.05, 3.63) is 83.5 Å². The highest BCUT2D eigenvalue weighted by atomic mass is 16.2. The minimum Gasteiger partial charge on any atom is -0.337 e. The average Bonchev–Trinajstić information content (AvgIpc) is 2.78. The van der Waals surface area contributed by atoms with Crippen LogP contribution in [0.2, 0.25) is 0 Å². The first kappa shape index (κ1) is 22.6. The summed E-state index contributed by atoms with van der Waals surface area (Å²) in [5.74, 6) is 0. The predicted molar refractivity (Wildman–Crippen MR) is 133 cm³/mol. The Morgan fingerprint density at radius 3 is 2.38 bits per heavy atom. The van der Waals surface area contributed by atoms with Crippen LogP contribution in [-0.2, 0) is 10.8 Å². The number of rotatable bonds is 5. The first-order chi connectivity index (χ1) is 15.3. The Hall–Kier alpha value is -2.59. The van der Waals surface area contributed by atoms with Gasteiger partial charge in [0.25, 0.3) is 0 Å². The predicted octanol–water partition coefficient (Wildman–Crippen LogP) is 5.05. The van der Waals surface area contributed by atoms with Gasteiger partial charge in [0.1, 0.15) is 0 Å². The van der Waals surface area contributed by atoms with Crippen molar-refractivity contribution in [2.75, 3.05) is 19.6 Å². The van der Waals surface area contributed by atoms with E-state index in [1.165, 1.54) is 16.7 Å². The number of urea groups is 1. The van der Waals surface area contributed by atoms with Crippen molar-refractivity contribution in [2.45, 2.75) is 62.8 Å². The first-order valence-electron chi connectivity index (χ1n) is 11.9. The summed E-state index contributed by atoms with van der Waals surface area (Å²) < 4.78 is 0. The number of nitrogens with one attached hydrogen (secondary N) is 3. The lowest BCUT2D eigenvalue weighted by Gasteiger charge is -2.39. The number of carbonyl (C=O) groups is 1. The van der Waals surface area contributed by atoms with Crippen LogP contribution in [0, 0.1) is 0 Å². The molecule has 2 unspecified atom stereocenters. The molecule has 3 aliphatic rings. The zero-order valence-corrected chi connectivity index (χ0v) is 19.7. The van der Waals surface area contributed by atoms with Gasteiger partial charge in [0, 0.05) is 17.4 Å². The van der Waals surface area contributed by atoms with Gasteiger partial charge >= 0.3 is 6.03 Å². The molecule has 170 valence electrons. The van der Waals surface area contributed by atoms with Crippen LogP contribution in [0.15, 0.2) is 72.4 Å². The second kappa shape index (κ2) is 9.11. The summed E-state index contributed by atoms with van der Waals surface area (Å²) in [6.07, 6.45) is 18.9. The maximum atomic E-state index is 12.8. The molecule has 4 nitrogen and oxygen atoms in total. The molecule has 0 bridgehead atoms. The van der Waals surface area contributed by atoms with E-state index in [2.05, 4.69) is 91.4 Å². The summed E-state index contributed by atoms with van der Waals surface area (Å²) in [6.45, 7) is 9.14. The first-order valence-corrected chi connectivity index (χ1v) is 11.9. The summed E-state index contributed by atoms with van der Waals surface area (Å²) >= 11 is 0. The third kappa shape index (κ3) is 4.91. The van der Waals surface area contributed by atoms with Crippen molar-refractivity contribution < 1.29 is 4.79 Å². The van der Waals surface area contributed by atoms with Gasteiger partial charge in [-0.15, -0.1) is 0 Å². The summed E-state index contributed by atoms with van der Waals surface area (Å²) in [5, 5.41) is 9.83. The molecule has 2 amide bonds. The molecule has 1 aliphatic heterocycles. The van der Waals surface area contributed by atoms with E-state index in [1.54, 1.807) is 0 Å². The third-order valence-electron chi connectivity index (χ3n) is 7.43. The monoisotopic (exact) mass is 431 g/mol. The molecule has 2 aliphatic carbocycles. The van der Waals surface area contributed by atoms with Crippen molar-refractivity contribution in [3.8, 4) is 0 Å². The Bertz CT molecular complexity index is 949. The van der Waals surface area contributed by atoms with Gasteiger partial charge in [-0.2, -0.15) is 0 Å². The molecule has 1 heterocycles. The van der Waals surface area contributed by atoms with Crippen molar-refractivity contribution in [3.63, 3.8) is 0 Å². The normalized spacial score (nSPS) is 28.8. The van der Waals surface area contributed by atoms with E-state index < -0.39 is 0 Å². The van der Waals surface area contributed by atoms with E-state index >= 15 is 0 Å². The lowest BCUT2D eigenvalue weighted by Crippen LogP contribution is -2.53. The molecule has 4 rings (SSSR count). The fraction of sp³-hybridized carbons (Fsp3) is 0.464. The Balaban J connectivity index is 1.48. The van der Waals surface area contributed by atoms with Gasteiger partial charge in [0.2, 0.25) is 0 Å². The lowest BCUT2D eigenvalue weighted by molar-refractivity contribution is 0.224. The largest absolute Gasteiger partial charge is 0.337 e. The van der Waals surface area contributed by atoms with Crippen LogP contribution in [0.25, 0.3) is 0 Å². The van der Waals surface area contributed by atoms with Gasteiger partial charge in [-0.25, -0.2) is 4.79 Å². The number of benzene rings is 1. The molecule has 0 spiro atoms. The van der Waals surface area contributed by atoms with Gasteiger partial charge in [-0.3, -0.25) is 0 Å². The summed E-state index contributed by atoms with van der Waals surface area (Å²) in [7, 11) is 0. The zero-order chi connectivity index (χ0) is 22.7. The second-order valence-corrected chi connectivity index (χ2v) is 10.2. The molecular weight excluding hydrogens is 394 g/mol. The number of piperidine rings is 1. The van der Waals surface area contributed by atoms with Crippen LogP contribution in [0.1, 0.15) is 57.6 Å². The molecule has 1 aromatic carbocycles. The van der Waals surface area contributed by atoms with Gasteiger partial charge < -0.3 is 16.0 Å². The minimum atomic E-state index is -0.322. The standard InChI is InChI=1S/C28H37N3O/c1-22-8-7-13-26(2,20-22)23-9-11-24(12-10-23)28(16-18-29-19-17-28)21-30-25(32)31-27(3)14-5-4-6-15-27/h4-12,14,20,29H,13,15-19,21H2,1-3H3,(H2,30,31,32). The maximum Gasteiger partial charge on any atom is 0.315 e. The lowest BCUT2D eigenvalue weighted by atomic mass is 9.71. The number of allylic oxidation sites excluding steroid dienone is 6. The van der Waals surface area contributed by atoms with Crippen molar-refractivity contribution in [1.29, 1.82) is 0 Å². The van der Waals surface area contributed by atoms with Crippen LogP contribution in [0.5, 0.6) is 0 Å². The van der Waals surface area contributed by atoms with Crippen LogP contribution in [0.4, 0.5) is 4.79 Å². The third-order valence-corrected chi connectivity index (χ3v) is 7.43. The molecule has 0 aromatic heterocycles. The SMILES string of the molecule is CC1=CC(C)(c2ccc(C3(CNC(=O)NC4(C)C=CC=CC4)CCNCC3)cc2)CC=C1. The highest BCUT2D eigenvalue weighted by molar-refractivity contribution is 5.75.